The maximum absolute atomic E-state index is 12.6. The Bertz CT molecular complexity index is 557. The zero-order valence-electron chi connectivity index (χ0n) is 13.7. The number of nitrogens with two attached hydrogens (primary N) is 1. The van der Waals surface area contributed by atoms with Crippen LogP contribution in [-0.4, -0.2) is 18.5 Å². The van der Waals surface area contributed by atoms with E-state index in [0.717, 1.165) is 17.9 Å². The first-order chi connectivity index (χ1) is 10.4. The number of amides is 1. The van der Waals surface area contributed by atoms with Crippen LogP contribution in [0.2, 0.25) is 5.02 Å². The second-order valence-electron chi connectivity index (χ2n) is 7.54. The Labute approximate surface area is 149 Å². The summed E-state index contributed by atoms with van der Waals surface area (Å²) in [6.45, 7) is 4.89. The Morgan fingerprint density at radius 2 is 1.87 bits per heavy atom. The molecule has 5 heteroatoms. The molecule has 128 valence electrons. The molecule has 4 atom stereocenters. The lowest BCUT2D eigenvalue weighted by Gasteiger charge is -2.30. The van der Waals surface area contributed by atoms with Crippen molar-refractivity contribution in [2.45, 2.75) is 44.6 Å². The maximum atomic E-state index is 12.6. The SMILES string of the molecule is CC(C)(CNC(=O)C1C2CCC(C2)C1N)c1ccc(Cl)cc1.Cl. The Morgan fingerprint density at radius 1 is 1.26 bits per heavy atom. The minimum atomic E-state index is -0.123. The Kier molecular flexibility index (Phi) is 5.65. The van der Waals surface area contributed by atoms with Gasteiger partial charge in [-0.05, 0) is 48.8 Å². The van der Waals surface area contributed by atoms with Gasteiger partial charge in [-0.2, -0.15) is 0 Å². The molecule has 1 amide bonds. The lowest BCUT2D eigenvalue weighted by Crippen LogP contribution is -2.47. The summed E-state index contributed by atoms with van der Waals surface area (Å²) in [7, 11) is 0. The van der Waals surface area contributed by atoms with Crippen LogP contribution in [0.5, 0.6) is 0 Å². The fourth-order valence-corrected chi connectivity index (χ4v) is 4.28. The Balaban J connectivity index is 0.00000192. The van der Waals surface area contributed by atoms with Crippen LogP contribution in [0.1, 0.15) is 38.7 Å². The van der Waals surface area contributed by atoms with Crippen molar-refractivity contribution < 1.29 is 4.79 Å². The van der Waals surface area contributed by atoms with Gasteiger partial charge in [-0.15, -0.1) is 12.4 Å². The third kappa shape index (κ3) is 3.67. The highest BCUT2D eigenvalue weighted by atomic mass is 35.5. The fourth-order valence-electron chi connectivity index (χ4n) is 4.15. The molecule has 0 aromatic heterocycles. The molecule has 0 saturated heterocycles. The largest absolute Gasteiger partial charge is 0.355 e. The molecular formula is C18H26Cl2N2O. The van der Waals surface area contributed by atoms with Crippen molar-refractivity contribution in [2.75, 3.05) is 6.54 Å². The van der Waals surface area contributed by atoms with E-state index in [1.54, 1.807) is 0 Å². The number of rotatable bonds is 4. The van der Waals surface area contributed by atoms with Crippen molar-refractivity contribution >= 4 is 29.9 Å². The minimum Gasteiger partial charge on any atom is -0.355 e. The average molecular weight is 357 g/mol. The number of hydrogen-bond donors (Lipinski definition) is 2. The molecule has 3 rings (SSSR count). The van der Waals surface area contributed by atoms with Gasteiger partial charge >= 0.3 is 0 Å². The van der Waals surface area contributed by atoms with Crippen LogP contribution < -0.4 is 11.1 Å². The monoisotopic (exact) mass is 356 g/mol. The molecule has 2 fully saturated rings. The molecule has 3 nitrogen and oxygen atoms in total. The molecule has 0 aliphatic heterocycles. The molecule has 2 bridgehead atoms. The topological polar surface area (TPSA) is 55.1 Å². The van der Waals surface area contributed by atoms with E-state index in [1.165, 1.54) is 12.0 Å². The van der Waals surface area contributed by atoms with Crippen molar-refractivity contribution in [2.24, 2.45) is 23.5 Å². The van der Waals surface area contributed by atoms with Crippen LogP contribution in [-0.2, 0) is 10.2 Å². The van der Waals surface area contributed by atoms with Gasteiger partial charge < -0.3 is 11.1 Å². The summed E-state index contributed by atoms with van der Waals surface area (Å²) in [5.74, 6) is 1.21. The molecule has 0 heterocycles. The molecule has 23 heavy (non-hydrogen) atoms. The molecule has 0 spiro atoms. The number of hydrogen-bond acceptors (Lipinski definition) is 2. The lowest BCUT2D eigenvalue weighted by atomic mass is 9.82. The molecule has 0 radical (unpaired) electrons. The summed E-state index contributed by atoms with van der Waals surface area (Å²) in [5, 5.41) is 3.87. The number of benzene rings is 1. The van der Waals surface area contributed by atoms with Gasteiger partial charge in [0, 0.05) is 23.0 Å². The molecule has 2 saturated carbocycles. The second-order valence-corrected chi connectivity index (χ2v) is 7.98. The van der Waals surface area contributed by atoms with Crippen molar-refractivity contribution in [1.29, 1.82) is 0 Å². The fraction of sp³-hybridized carbons (Fsp3) is 0.611. The first-order valence-electron chi connectivity index (χ1n) is 8.18. The van der Waals surface area contributed by atoms with Crippen molar-refractivity contribution in [3.05, 3.63) is 34.9 Å². The van der Waals surface area contributed by atoms with Crippen molar-refractivity contribution in [1.82, 2.24) is 5.32 Å². The number of carbonyl (C=O) groups excluding carboxylic acids is 1. The summed E-state index contributed by atoms with van der Waals surface area (Å²) >= 11 is 5.94. The van der Waals surface area contributed by atoms with Gasteiger partial charge in [0.05, 0.1) is 5.92 Å². The predicted octanol–water partition coefficient (Wildman–Crippen LogP) is 3.53. The van der Waals surface area contributed by atoms with Crippen molar-refractivity contribution in [3.63, 3.8) is 0 Å². The van der Waals surface area contributed by atoms with E-state index in [4.69, 9.17) is 17.3 Å². The van der Waals surface area contributed by atoms with Crippen LogP contribution in [0.15, 0.2) is 24.3 Å². The molecular weight excluding hydrogens is 331 g/mol. The summed E-state index contributed by atoms with van der Waals surface area (Å²) in [6.07, 6.45) is 3.50. The average Bonchev–Trinajstić information content (AvgIpc) is 3.06. The van der Waals surface area contributed by atoms with E-state index >= 15 is 0 Å². The maximum Gasteiger partial charge on any atom is 0.224 e. The third-order valence-corrected chi connectivity index (χ3v) is 5.87. The zero-order valence-corrected chi connectivity index (χ0v) is 15.3. The number of nitrogens with one attached hydrogen (secondary N) is 1. The quantitative estimate of drug-likeness (QED) is 0.866. The summed E-state index contributed by atoms with van der Waals surface area (Å²) < 4.78 is 0. The van der Waals surface area contributed by atoms with Gasteiger partial charge in [0.25, 0.3) is 0 Å². The summed E-state index contributed by atoms with van der Waals surface area (Å²) in [6, 6.07) is 7.89. The summed E-state index contributed by atoms with van der Waals surface area (Å²) in [4.78, 5) is 12.6. The van der Waals surface area contributed by atoms with E-state index in [-0.39, 0.29) is 35.7 Å². The van der Waals surface area contributed by atoms with Gasteiger partial charge in [-0.3, -0.25) is 4.79 Å². The van der Waals surface area contributed by atoms with Crippen LogP contribution in [0.3, 0.4) is 0 Å². The number of fused-ring (bicyclic) bond motifs is 2. The van der Waals surface area contributed by atoms with E-state index in [0.29, 0.717) is 18.4 Å². The van der Waals surface area contributed by atoms with E-state index < -0.39 is 0 Å². The van der Waals surface area contributed by atoms with E-state index in [1.807, 2.05) is 24.3 Å². The highest BCUT2D eigenvalue weighted by molar-refractivity contribution is 6.30. The molecule has 3 N–H and O–H groups in total. The smallest absolute Gasteiger partial charge is 0.224 e. The molecule has 2 aliphatic carbocycles. The highest BCUT2D eigenvalue weighted by Crippen LogP contribution is 2.47. The van der Waals surface area contributed by atoms with Gasteiger partial charge in [-0.1, -0.05) is 37.6 Å². The number of halogens is 2. The Hall–Kier alpha value is -0.770. The minimum absolute atomic E-state index is 0. The first kappa shape index (κ1) is 18.6. The number of carbonyl (C=O) groups is 1. The van der Waals surface area contributed by atoms with Gasteiger partial charge in [0.1, 0.15) is 0 Å². The molecule has 1 aromatic rings. The van der Waals surface area contributed by atoms with Crippen LogP contribution >= 0.6 is 24.0 Å². The standard InChI is InChI=1S/C18H25ClN2O.ClH/c1-18(2,13-5-7-14(19)8-6-13)10-21-17(22)15-11-3-4-12(9-11)16(15)20;/h5-8,11-12,15-16H,3-4,9-10,20H2,1-2H3,(H,21,22);1H. The summed E-state index contributed by atoms with van der Waals surface area (Å²) in [5.41, 5.74) is 7.31. The predicted molar refractivity (Wildman–Crippen MR) is 97.0 cm³/mol. The van der Waals surface area contributed by atoms with E-state index in [2.05, 4.69) is 19.2 Å². The normalized spacial score (nSPS) is 29.2. The lowest BCUT2D eigenvalue weighted by molar-refractivity contribution is -0.127. The molecule has 2 aliphatic rings. The van der Waals surface area contributed by atoms with E-state index in [9.17, 15) is 4.79 Å². The molecule has 1 aromatic carbocycles. The van der Waals surface area contributed by atoms with Gasteiger partial charge in [-0.25, -0.2) is 0 Å². The second kappa shape index (κ2) is 7.00. The van der Waals surface area contributed by atoms with Crippen LogP contribution in [0.25, 0.3) is 0 Å². The van der Waals surface area contributed by atoms with Crippen LogP contribution in [0.4, 0.5) is 0 Å². The van der Waals surface area contributed by atoms with Crippen LogP contribution in [0, 0.1) is 17.8 Å². The van der Waals surface area contributed by atoms with Gasteiger partial charge in [0.15, 0.2) is 0 Å². The van der Waals surface area contributed by atoms with Gasteiger partial charge in [0.2, 0.25) is 5.91 Å². The van der Waals surface area contributed by atoms with Crippen molar-refractivity contribution in [3.8, 4) is 0 Å². The first-order valence-corrected chi connectivity index (χ1v) is 8.55. The highest BCUT2D eigenvalue weighted by Gasteiger charge is 2.49. The Morgan fingerprint density at radius 3 is 2.43 bits per heavy atom. The molecule has 4 unspecified atom stereocenters. The zero-order chi connectivity index (χ0) is 15.9. The third-order valence-electron chi connectivity index (χ3n) is 5.61.